The Balaban J connectivity index is 0.000000921. The summed E-state index contributed by atoms with van der Waals surface area (Å²) in [5.74, 6) is -1.53. The first-order valence-corrected chi connectivity index (χ1v) is 10.9. The number of halogens is 3. The van der Waals surface area contributed by atoms with Crippen LogP contribution >= 0.6 is 0 Å². The van der Waals surface area contributed by atoms with Crippen molar-refractivity contribution in [2.45, 2.75) is 104 Å². The summed E-state index contributed by atoms with van der Waals surface area (Å²) in [6, 6.07) is 6.62. The topological polar surface area (TPSA) is 20.3 Å². The number of nitrogens with zero attached hydrogens (tertiary/aromatic N) is 1. The molecule has 0 heterocycles. The lowest BCUT2D eigenvalue weighted by atomic mass is 9.93. The van der Waals surface area contributed by atoms with Crippen LogP contribution in [0.1, 0.15) is 101 Å². The molecule has 1 amide bonds. The van der Waals surface area contributed by atoms with E-state index in [-0.39, 0.29) is 11.5 Å². The van der Waals surface area contributed by atoms with Crippen molar-refractivity contribution < 1.29 is 18.0 Å². The van der Waals surface area contributed by atoms with Crippen LogP contribution in [0.15, 0.2) is 24.3 Å². The van der Waals surface area contributed by atoms with E-state index in [9.17, 15) is 18.0 Å². The molecule has 2 saturated carbocycles. The molecular formula is C23H36F3NO. The molecule has 2 fully saturated rings. The van der Waals surface area contributed by atoms with E-state index in [1.807, 2.05) is 32.6 Å². The Bertz CT molecular complexity index is 573. The first-order valence-electron chi connectivity index (χ1n) is 10.9. The van der Waals surface area contributed by atoms with Crippen LogP contribution in [0.4, 0.5) is 13.2 Å². The molecule has 0 spiro atoms. The normalized spacial score (nSPS) is 18.1. The molecule has 28 heavy (non-hydrogen) atoms. The second kappa shape index (κ2) is 11.5. The zero-order chi connectivity index (χ0) is 21.3. The molecule has 0 bridgehead atoms. The van der Waals surface area contributed by atoms with Crippen LogP contribution in [0.25, 0.3) is 0 Å². The summed E-state index contributed by atoms with van der Waals surface area (Å²) < 4.78 is 38.4. The molecular weight excluding hydrogens is 363 g/mol. The molecule has 2 aliphatic carbocycles. The van der Waals surface area contributed by atoms with Gasteiger partial charge < -0.3 is 4.90 Å². The first-order chi connectivity index (χ1) is 13.4. The average Bonchev–Trinajstić information content (AvgIpc) is 3.56. The first kappa shape index (κ1) is 24.5. The van der Waals surface area contributed by atoms with Gasteiger partial charge in [0.1, 0.15) is 0 Å². The van der Waals surface area contributed by atoms with Crippen LogP contribution in [0, 0.1) is 0 Å². The van der Waals surface area contributed by atoms with Gasteiger partial charge in [-0.1, -0.05) is 59.1 Å². The van der Waals surface area contributed by atoms with Gasteiger partial charge in [-0.15, -0.1) is 0 Å². The maximum Gasteiger partial charge on any atom is 0.395 e. The molecule has 1 aromatic carbocycles. The van der Waals surface area contributed by atoms with Gasteiger partial charge in [-0.2, -0.15) is 13.2 Å². The number of benzene rings is 1. The molecule has 0 saturated heterocycles. The Labute approximate surface area is 168 Å². The van der Waals surface area contributed by atoms with Gasteiger partial charge in [-0.3, -0.25) is 4.79 Å². The molecule has 1 atom stereocenters. The lowest BCUT2D eigenvalue weighted by Gasteiger charge is -2.34. The molecule has 0 aliphatic heterocycles. The molecule has 2 aliphatic rings. The lowest BCUT2D eigenvalue weighted by Crippen LogP contribution is -2.43. The summed E-state index contributed by atoms with van der Waals surface area (Å²) in [6.45, 7) is 9.15. The minimum absolute atomic E-state index is 0.0180. The Kier molecular flexibility index (Phi) is 10.0. The molecule has 0 radical (unpaired) electrons. The number of alkyl halides is 3. The highest BCUT2D eigenvalue weighted by molar-refractivity contribution is 5.95. The van der Waals surface area contributed by atoms with Crippen molar-refractivity contribution in [3.63, 3.8) is 0 Å². The van der Waals surface area contributed by atoms with Crippen LogP contribution in [-0.4, -0.2) is 29.1 Å². The van der Waals surface area contributed by atoms with Gasteiger partial charge in [0.2, 0.25) is 0 Å². The summed E-state index contributed by atoms with van der Waals surface area (Å²) >= 11 is 0. The van der Waals surface area contributed by atoms with Crippen LogP contribution in [-0.2, 0) is 0 Å². The molecule has 3 rings (SSSR count). The Hall–Kier alpha value is -1.52. The van der Waals surface area contributed by atoms with Crippen LogP contribution in [0.5, 0.6) is 0 Å². The van der Waals surface area contributed by atoms with E-state index in [4.69, 9.17) is 0 Å². The van der Waals surface area contributed by atoms with Gasteiger partial charge in [0, 0.05) is 17.6 Å². The Morgan fingerprint density at radius 3 is 1.79 bits per heavy atom. The largest absolute Gasteiger partial charge is 0.395 e. The van der Waals surface area contributed by atoms with E-state index >= 15 is 0 Å². The third-order valence-corrected chi connectivity index (χ3v) is 5.29. The maximum atomic E-state index is 12.9. The van der Waals surface area contributed by atoms with Crippen LogP contribution in [0.3, 0.4) is 0 Å². The number of hydrogen-bond acceptors (Lipinski definition) is 1. The highest BCUT2D eigenvalue weighted by Gasteiger charge is 2.39. The van der Waals surface area contributed by atoms with E-state index in [1.165, 1.54) is 18.6 Å². The predicted octanol–water partition coefficient (Wildman–Crippen LogP) is 7.34. The van der Waals surface area contributed by atoms with Crippen molar-refractivity contribution >= 4 is 5.91 Å². The van der Waals surface area contributed by atoms with Gasteiger partial charge in [0.25, 0.3) is 5.91 Å². The molecule has 160 valence electrons. The summed E-state index contributed by atoms with van der Waals surface area (Å²) in [4.78, 5) is 14.9. The van der Waals surface area contributed by atoms with Crippen molar-refractivity contribution in [3.05, 3.63) is 35.4 Å². The summed E-state index contributed by atoms with van der Waals surface area (Å²) in [6.07, 6.45) is 3.47. The van der Waals surface area contributed by atoms with Crippen molar-refractivity contribution in [1.29, 1.82) is 0 Å². The molecule has 0 aromatic heterocycles. The predicted molar refractivity (Wildman–Crippen MR) is 110 cm³/mol. The van der Waals surface area contributed by atoms with E-state index in [1.54, 1.807) is 12.1 Å². The van der Waals surface area contributed by atoms with Crippen molar-refractivity contribution in [3.8, 4) is 0 Å². The van der Waals surface area contributed by atoms with Gasteiger partial charge in [0.05, 0.1) is 5.92 Å². The SMILES string of the molecule is CC.CC.CC(c1ccc(C(=O)N(C2CCCCC2)C2CC2)cc1)C(F)(F)F. The van der Waals surface area contributed by atoms with Crippen LogP contribution < -0.4 is 0 Å². The maximum absolute atomic E-state index is 12.9. The summed E-state index contributed by atoms with van der Waals surface area (Å²) in [5.41, 5.74) is 0.709. The van der Waals surface area contributed by atoms with E-state index in [2.05, 4.69) is 0 Å². The third-order valence-electron chi connectivity index (χ3n) is 5.29. The second-order valence-electron chi connectivity index (χ2n) is 7.12. The summed E-state index contributed by atoms with van der Waals surface area (Å²) in [5, 5.41) is 0. The standard InChI is InChI=1S/C19H24F3NO.2C2H6/c1-13(19(20,21)22)14-7-9-15(10-8-14)18(24)23(17-11-12-17)16-5-3-2-4-6-16;2*1-2/h7-10,13,16-17H,2-6,11-12H2,1H3;2*1-2H3. The number of rotatable bonds is 4. The molecule has 5 heteroatoms. The van der Waals surface area contributed by atoms with Gasteiger partial charge in [0.15, 0.2) is 0 Å². The minimum atomic E-state index is -4.26. The zero-order valence-corrected chi connectivity index (χ0v) is 18.0. The Morgan fingerprint density at radius 2 is 1.36 bits per heavy atom. The highest BCUT2D eigenvalue weighted by Crippen LogP contribution is 2.36. The monoisotopic (exact) mass is 399 g/mol. The number of carbonyl (C=O) groups excluding carboxylic acids is 1. The van der Waals surface area contributed by atoms with Crippen LogP contribution in [0.2, 0.25) is 0 Å². The van der Waals surface area contributed by atoms with E-state index < -0.39 is 12.1 Å². The molecule has 1 aromatic rings. The van der Waals surface area contributed by atoms with Crippen molar-refractivity contribution in [1.82, 2.24) is 4.90 Å². The zero-order valence-electron chi connectivity index (χ0n) is 18.0. The smallest absolute Gasteiger partial charge is 0.333 e. The number of amides is 1. The van der Waals surface area contributed by atoms with E-state index in [0.717, 1.165) is 45.4 Å². The fraction of sp³-hybridized carbons (Fsp3) is 0.696. The van der Waals surface area contributed by atoms with E-state index in [0.29, 0.717) is 17.6 Å². The molecule has 0 N–H and O–H groups in total. The van der Waals surface area contributed by atoms with Gasteiger partial charge >= 0.3 is 6.18 Å². The molecule has 2 nitrogen and oxygen atoms in total. The fourth-order valence-corrected chi connectivity index (χ4v) is 3.59. The number of hydrogen-bond donors (Lipinski definition) is 0. The highest BCUT2D eigenvalue weighted by atomic mass is 19.4. The Morgan fingerprint density at radius 1 is 0.893 bits per heavy atom. The van der Waals surface area contributed by atoms with Gasteiger partial charge in [-0.25, -0.2) is 0 Å². The molecule has 1 unspecified atom stereocenters. The second-order valence-corrected chi connectivity index (χ2v) is 7.12. The minimum Gasteiger partial charge on any atom is -0.333 e. The third kappa shape index (κ3) is 6.52. The van der Waals surface area contributed by atoms with Crippen molar-refractivity contribution in [2.75, 3.05) is 0 Å². The van der Waals surface area contributed by atoms with Crippen molar-refractivity contribution in [2.24, 2.45) is 0 Å². The fourth-order valence-electron chi connectivity index (χ4n) is 3.59. The average molecular weight is 400 g/mol. The van der Waals surface area contributed by atoms with Gasteiger partial charge in [-0.05, 0) is 50.3 Å². The number of carbonyl (C=O) groups is 1. The quantitative estimate of drug-likeness (QED) is 0.518. The lowest BCUT2D eigenvalue weighted by molar-refractivity contribution is -0.146. The summed E-state index contributed by atoms with van der Waals surface area (Å²) in [7, 11) is 0.